The van der Waals surface area contributed by atoms with Crippen LogP contribution in [0, 0.1) is 13.8 Å². The standard InChI is InChI=1S/C16H23NO2/c1-12-7-8-13(2)15(11-12)19-10-9-16(18)17-14-5-3-4-6-14/h7-8,11,14H,3-6,9-10H2,1-2H3,(H,17,18). The summed E-state index contributed by atoms with van der Waals surface area (Å²) in [7, 11) is 0. The number of hydrogen-bond acceptors (Lipinski definition) is 2. The van der Waals surface area contributed by atoms with Crippen molar-refractivity contribution in [1.82, 2.24) is 5.32 Å². The highest BCUT2D eigenvalue weighted by molar-refractivity contribution is 5.76. The highest BCUT2D eigenvalue weighted by atomic mass is 16.5. The van der Waals surface area contributed by atoms with Gasteiger partial charge in [0.25, 0.3) is 0 Å². The number of aryl methyl sites for hydroxylation is 2. The average Bonchev–Trinajstić information content (AvgIpc) is 2.86. The summed E-state index contributed by atoms with van der Waals surface area (Å²) in [5.41, 5.74) is 2.29. The minimum absolute atomic E-state index is 0.109. The first kappa shape index (κ1) is 13.9. The first-order valence-corrected chi connectivity index (χ1v) is 7.14. The summed E-state index contributed by atoms with van der Waals surface area (Å²) in [5.74, 6) is 0.992. The molecule has 1 aliphatic carbocycles. The van der Waals surface area contributed by atoms with Gasteiger partial charge in [0, 0.05) is 6.04 Å². The second-order valence-corrected chi connectivity index (χ2v) is 5.42. The van der Waals surface area contributed by atoms with Crippen molar-refractivity contribution in [2.24, 2.45) is 0 Å². The number of benzene rings is 1. The van der Waals surface area contributed by atoms with Crippen molar-refractivity contribution in [3.63, 3.8) is 0 Å². The fourth-order valence-corrected chi connectivity index (χ4v) is 2.49. The predicted octanol–water partition coefficient (Wildman–Crippen LogP) is 3.13. The molecule has 19 heavy (non-hydrogen) atoms. The fourth-order valence-electron chi connectivity index (χ4n) is 2.49. The zero-order valence-electron chi connectivity index (χ0n) is 11.9. The lowest BCUT2D eigenvalue weighted by atomic mass is 10.1. The molecular formula is C16H23NO2. The van der Waals surface area contributed by atoms with Crippen molar-refractivity contribution in [3.8, 4) is 5.75 Å². The molecule has 3 nitrogen and oxygen atoms in total. The molecule has 0 unspecified atom stereocenters. The van der Waals surface area contributed by atoms with Crippen molar-refractivity contribution in [3.05, 3.63) is 29.3 Å². The van der Waals surface area contributed by atoms with E-state index in [1.54, 1.807) is 0 Å². The van der Waals surface area contributed by atoms with E-state index in [9.17, 15) is 4.79 Å². The van der Waals surface area contributed by atoms with Crippen molar-refractivity contribution in [2.45, 2.75) is 52.0 Å². The summed E-state index contributed by atoms with van der Waals surface area (Å²) < 4.78 is 5.69. The number of carbonyl (C=O) groups is 1. The third-order valence-electron chi connectivity index (χ3n) is 3.65. The Hall–Kier alpha value is -1.51. The molecule has 0 aromatic heterocycles. The van der Waals surface area contributed by atoms with Gasteiger partial charge in [0.15, 0.2) is 0 Å². The third-order valence-corrected chi connectivity index (χ3v) is 3.65. The van der Waals surface area contributed by atoms with E-state index in [-0.39, 0.29) is 5.91 Å². The van der Waals surface area contributed by atoms with Crippen LogP contribution in [0.2, 0.25) is 0 Å². The zero-order valence-corrected chi connectivity index (χ0v) is 11.9. The Morgan fingerprint density at radius 2 is 2.05 bits per heavy atom. The number of amides is 1. The van der Waals surface area contributed by atoms with E-state index in [1.165, 1.54) is 18.4 Å². The summed E-state index contributed by atoms with van der Waals surface area (Å²) in [4.78, 5) is 11.7. The Morgan fingerprint density at radius 1 is 1.32 bits per heavy atom. The smallest absolute Gasteiger partial charge is 0.223 e. The maximum atomic E-state index is 11.7. The lowest BCUT2D eigenvalue weighted by Gasteiger charge is -2.13. The zero-order chi connectivity index (χ0) is 13.7. The van der Waals surface area contributed by atoms with Gasteiger partial charge in [0.05, 0.1) is 13.0 Å². The summed E-state index contributed by atoms with van der Waals surface area (Å²) in [6, 6.07) is 6.52. The Morgan fingerprint density at radius 3 is 2.79 bits per heavy atom. The van der Waals surface area contributed by atoms with E-state index in [1.807, 2.05) is 26.0 Å². The van der Waals surface area contributed by atoms with Crippen LogP contribution in [0.25, 0.3) is 0 Å². The first-order valence-electron chi connectivity index (χ1n) is 7.14. The van der Waals surface area contributed by atoms with E-state index in [4.69, 9.17) is 4.74 Å². The summed E-state index contributed by atoms with van der Waals surface area (Å²) in [6.45, 7) is 4.51. The Labute approximate surface area is 115 Å². The minimum atomic E-state index is 0.109. The molecule has 0 spiro atoms. The van der Waals surface area contributed by atoms with Gasteiger partial charge in [-0.05, 0) is 43.9 Å². The van der Waals surface area contributed by atoms with Crippen LogP contribution in [0.5, 0.6) is 5.75 Å². The van der Waals surface area contributed by atoms with Gasteiger partial charge >= 0.3 is 0 Å². The molecule has 0 heterocycles. The van der Waals surface area contributed by atoms with Crippen LogP contribution >= 0.6 is 0 Å². The molecule has 1 aromatic rings. The third kappa shape index (κ3) is 4.27. The van der Waals surface area contributed by atoms with E-state index in [2.05, 4.69) is 11.4 Å². The summed E-state index contributed by atoms with van der Waals surface area (Å²) in [5, 5.41) is 3.07. The highest BCUT2D eigenvalue weighted by Crippen LogP contribution is 2.19. The van der Waals surface area contributed by atoms with Gasteiger partial charge in [0.1, 0.15) is 5.75 Å². The highest BCUT2D eigenvalue weighted by Gasteiger charge is 2.16. The van der Waals surface area contributed by atoms with Crippen LogP contribution in [0.4, 0.5) is 0 Å². The van der Waals surface area contributed by atoms with Crippen molar-refractivity contribution < 1.29 is 9.53 Å². The number of hydrogen-bond donors (Lipinski definition) is 1. The quantitative estimate of drug-likeness (QED) is 0.884. The molecule has 2 rings (SSSR count). The molecule has 1 amide bonds. The molecule has 3 heteroatoms. The maximum absolute atomic E-state index is 11.7. The largest absolute Gasteiger partial charge is 0.493 e. The Balaban J connectivity index is 1.73. The number of rotatable bonds is 5. The monoisotopic (exact) mass is 261 g/mol. The van der Waals surface area contributed by atoms with Crippen LogP contribution in [-0.4, -0.2) is 18.6 Å². The molecule has 0 atom stereocenters. The lowest BCUT2D eigenvalue weighted by Crippen LogP contribution is -2.33. The second-order valence-electron chi connectivity index (χ2n) is 5.42. The van der Waals surface area contributed by atoms with E-state index >= 15 is 0 Å². The van der Waals surface area contributed by atoms with Crippen LogP contribution < -0.4 is 10.1 Å². The molecule has 0 saturated heterocycles. The van der Waals surface area contributed by atoms with Crippen LogP contribution in [0.3, 0.4) is 0 Å². The van der Waals surface area contributed by atoms with Crippen LogP contribution in [-0.2, 0) is 4.79 Å². The van der Waals surface area contributed by atoms with Gasteiger partial charge in [-0.2, -0.15) is 0 Å². The van der Waals surface area contributed by atoms with Gasteiger partial charge in [-0.25, -0.2) is 0 Å². The van der Waals surface area contributed by atoms with Gasteiger partial charge in [-0.3, -0.25) is 4.79 Å². The van der Waals surface area contributed by atoms with Crippen molar-refractivity contribution >= 4 is 5.91 Å². The molecule has 1 aromatic carbocycles. The summed E-state index contributed by atoms with van der Waals surface area (Å²) in [6.07, 6.45) is 5.17. The van der Waals surface area contributed by atoms with Gasteiger partial charge < -0.3 is 10.1 Å². The number of nitrogens with one attached hydrogen (secondary N) is 1. The maximum Gasteiger partial charge on any atom is 0.223 e. The van der Waals surface area contributed by atoms with Gasteiger partial charge in [-0.1, -0.05) is 25.0 Å². The van der Waals surface area contributed by atoms with E-state index in [0.29, 0.717) is 19.1 Å². The Bertz CT molecular complexity index is 436. The topological polar surface area (TPSA) is 38.3 Å². The lowest BCUT2D eigenvalue weighted by molar-refractivity contribution is -0.122. The summed E-state index contributed by atoms with van der Waals surface area (Å²) >= 11 is 0. The number of carbonyl (C=O) groups excluding carboxylic acids is 1. The molecule has 0 aliphatic heterocycles. The predicted molar refractivity (Wildman–Crippen MR) is 76.4 cm³/mol. The fraction of sp³-hybridized carbons (Fsp3) is 0.562. The SMILES string of the molecule is Cc1ccc(C)c(OCCC(=O)NC2CCCC2)c1. The molecule has 1 N–H and O–H groups in total. The van der Waals surface area contributed by atoms with E-state index in [0.717, 1.165) is 24.2 Å². The average molecular weight is 261 g/mol. The van der Waals surface area contributed by atoms with Gasteiger partial charge in [0.2, 0.25) is 5.91 Å². The second kappa shape index (κ2) is 6.60. The van der Waals surface area contributed by atoms with E-state index < -0.39 is 0 Å². The molecule has 0 bridgehead atoms. The van der Waals surface area contributed by atoms with Crippen molar-refractivity contribution in [1.29, 1.82) is 0 Å². The normalized spacial score (nSPS) is 15.5. The van der Waals surface area contributed by atoms with Crippen LogP contribution in [0.1, 0.15) is 43.2 Å². The first-order chi connectivity index (χ1) is 9.15. The molecule has 104 valence electrons. The molecular weight excluding hydrogens is 238 g/mol. The van der Waals surface area contributed by atoms with Crippen molar-refractivity contribution in [2.75, 3.05) is 6.61 Å². The number of ether oxygens (including phenoxy) is 1. The molecule has 0 radical (unpaired) electrons. The van der Waals surface area contributed by atoms with Crippen LogP contribution in [0.15, 0.2) is 18.2 Å². The minimum Gasteiger partial charge on any atom is -0.493 e. The molecule has 1 fully saturated rings. The van der Waals surface area contributed by atoms with Gasteiger partial charge in [-0.15, -0.1) is 0 Å². The molecule has 1 aliphatic rings. The molecule has 1 saturated carbocycles. The Kier molecular flexibility index (Phi) is 4.83.